The Morgan fingerprint density at radius 1 is 1.04 bits per heavy atom. The number of fused-ring (bicyclic) bond motifs is 1. The zero-order chi connectivity index (χ0) is 17.1. The first kappa shape index (κ1) is 17.2. The highest BCUT2D eigenvalue weighted by Crippen LogP contribution is 2.32. The Kier molecular flexibility index (Phi) is 5.19. The Balaban J connectivity index is 2.26. The van der Waals surface area contributed by atoms with Crippen molar-refractivity contribution in [2.24, 2.45) is 4.99 Å². The molecule has 1 fully saturated rings. The van der Waals surface area contributed by atoms with E-state index in [0.29, 0.717) is 5.90 Å². The first-order valence-electron chi connectivity index (χ1n) is 7.12. The summed E-state index contributed by atoms with van der Waals surface area (Å²) in [6.45, 7) is 5.17. The fourth-order valence-electron chi connectivity index (χ4n) is 2.53. The molecule has 5 atom stereocenters. The Bertz CT molecular complexity index is 531. The van der Waals surface area contributed by atoms with Crippen molar-refractivity contribution < 1.29 is 38.1 Å². The average molecular weight is 329 g/mol. The maximum atomic E-state index is 11.4. The Hall–Kier alpha value is -2.16. The molecule has 23 heavy (non-hydrogen) atoms. The summed E-state index contributed by atoms with van der Waals surface area (Å²) in [5.41, 5.74) is 0. The molecule has 0 N–H and O–H groups in total. The highest BCUT2D eigenvalue weighted by atomic mass is 16.7. The average Bonchev–Trinajstić information content (AvgIpc) is 2.78. The van der Waals surface area contributed by atoms with Crippen LogP contribution in [0.5, 0.6) is 0 Å². The summed E-state index contributed by atoms with van der Waals surface area (Å²) < 4.78 is 26.5. The van der Waals surface area contributed by atoms with Gasteiger partial charge < -0.3 is 23.7 Å². The quantitative estimate of drug-likeness (QED) is 0.522. The first-order valence-corrected chi connectivity index (χ1v) is 7.12. The molecule has 0 unspecified atom stereocenters. The maximum absolute atomic E-state index is 11.4. The molecular formula is C14H19NO8. The van der Waals surface area contributed by atoms with Crippen LogP contribution in [0.25, 0.3) is 0 Å². The Morgan fingerprint density at radius 2 is 1.65 bits per heavy atom. The van der Waals surface area contributed by atoms with Crippen LogP contribution in [0.2, 0.25) is 0 Å². The lowest BCUT2D eigenvalue weighted by atomic mass is 9.97. The van der Waals surface area contributed by atoms with Gasteiger partial charge in [-0.3, -0.25) is 14.4 Å². The van der Waals surface area contributed by atoms with Crippen molar-refractivity contribution in [3.63, 3.8) is 0 Å². The van der Waals surface area contributed by atoms with E-state index in [1.165, 1.54) is 20.8 Å². The van der Waals surface area contributed by atoms with Crippen LogP contribution in [0.4, 0.5) is 0 Å². The van der Waals surface area contributed by atoms with Crippen molar-refractivity contribution in [2.75, 3.05) is 6.61 Å². The minimum atomic E-state index is -0.963. The van der Waals surface area contributed by atoms with E-state index in [9.17, 15) is 14.4 Å². The van der Waals surface area contributed by atoms with Crippen LogP contribution in [0.3, 0.4) is 0 Å². The summed E-state index contributed by atoms with van der Waals surface area (Å²) in [5, 5.41) is 0. The van der Waals surface area contributed by atoms with Gasteiger partial charge in [-0.15, -0.1) is 0 Å². The largest absolute Gasteiger partial charge is 0.463 e. The smallest absolute Gasteiger partial charge is 0.303 e. The van der Waals surface area contributed by atoms with Gasteiger partial charge in [-0.25, -0.2) is 4.99 Å². The fraction of sp³-hybridized carbons (Fsp3) is 0.714. The molecule has 2 rings (SSSR count). The molecule has 2 heterocycles. The predicted molar refractivity (Wildman–Crippen MR) is 74.4 cm³/mol. The van der Waals surface area contributed by atoms with Gasteiger partial charge in [-0.2, -0.15) is 0 Å². The first-order chi connectivity index (χ1) is 10.8. The second-order valence-electron chi connectivity index (χ2n) is 5.25. The van der Waals surface area contributed by atoms with E-state index in [-0.39, 0.29) is 6.61 Å². The topological polar surface area (TPSA) is 110 Å². The van der Waals surface area contributed by atoms with Crippen LogP contribution >= 0.6 is 0 Å². The standard InChI is InChI=1S/C14H19NO8/c1-6-15-11-13(22-9(4)18)12(21-8(3)17)10(5-19-7(2)16)23-14(11)20-6/h10-14H,5H2,1-4H3/t10-,11+,12+,13+,14-/m0/s1. The molecule has 9 nitrogen and oxygen atoms in total. The Labute approximate surface area is 132 Å². The van der Waals surface area contributed by atoms with Gasteiger partial charge in [0.2, 0.25) is 6.29 Å². The summed E-state index contributed by atoms with van der Waals surface area (Å²) in [4.78, 5) is 38.1. The lowest BCUT2D eigenvalue weighted by molar-refractivity contribution is -0.249. The van der Waals surface area contributed by atoms with Crippen molar-refractivity contribution in [3.8, 4) is 0 Å². The van der Waals surface area contributed by atoms with E-state index in [1.54, 1.807) is 6.92 Å². The van der Waals surface area contributed by atoms with Gasteiger partial charge in [0.1, 0.15) is 12.7 Å². The van der Waals surface area contributed by atoms with E-state index >= 15 is 0 Å². The highest BCUT2D eigenvalue weighted by Gasteiger charge is 2.53. The molecule has 0 radical (unpaired) electrons. The summed E-state index contributed by atoms with van der Waals surface area (Å²) in [7, 11) is 0. The van der Waals surface area contributed by atoms with Crippen molar-refractivity contribution in [1.82, 2.24) is 0 Å². The summed E-state index contributed by atoms with van der Waals surface area (Å²) in [6, 6.07) is -0.656. The lowest BCUT2D eigenvalue weighted by Crippen LogP contribution is -2.60. The molecule has 0 aromatic carbocycles. The van der Waals surface area contributed by atoms with E-state index in [0.717, 1.165) is 0 Å². The van der Waals surface area contributed by atoms with Gasteiger partial charge in [-0.1, -0.05) is 0 Å². The zero-order valence-electron chi connectivity index (χ0n) is 13.3. The minimum absolute atomic E-state index is 0.170. The second-order valence-corrected chi connectivity index (χ2v) is 5.25. The van der Waals surface area contributed by atoms with Gasteiger partial charge >= 0.3 is 17.9 Å². The van der Waals surface area contributed by atoms with Gasteiger partial charge in [0.05, 0.1) is 0 Å². The molecule has 1 saturated heterocycles. The van der Waals surface area contributed by atoms with Crippen LogP contribution in [-0.2, 0) is 38.1 Å². The molecule has 0 aliphatic carbocycles. The highest BCUT2D eigenvalue weighted by molar-refractivity contribution is 5.75. The molecule has 0 amide bonds. The van der Waals surface area contributed by atoms with E-state index in [1.807, 2.05) is 0 Å². The van der Waals surface area contributed by atoms with E-state index in [2.05, 4.69) is 4.99 Å². The Morgan fingerprint density at radius 3 is 2.22 bits per heavy atom. The number of hydrogen-bond acceptors (Lipinski definition) is 9. The van der Waals surface area contributed by atoms with E-state index in [4.69, 9.17) is 23.7 Å². The number of ether oxygens (including phenoxy) is 5. The van der Waals surface area contributed by atoms with Gasteiger partial charge in [0, 0.05) is 27.7 Å². The third kappa shape index (κ3) is 4.19. The van der Waals surface area contributed by atoms with Crippen LogP contribution in [0, 0.1) is 0 Å². The van der Waals surface area contributed by atoms with Gasteiger partial charge in [-0.05, 0) is 0 Å². The molecular weight excluding hydrogens is 310 g/mol. The molecule has 2 aliphatic rings. The van der Waals surface area contributed by atoms with Crippen LogP contribution in [0.15, 0.2) is 4.99 Å². The molecule has 2 aliphatic heterocycles. The van der Waals surface area contributed by atoms with Crippen LogP contribution in [0.1, 0.15) is 27.7 Å². The van der Waals surface area contributed by atoms with Gasteiger partial charge in [0.25, 0.3) is 0 Å². The third-order valence-electron chi connectivity index (χ3n) is 3.29. The zero-order valence-corrected chi connectivity index (χ0v) is 13.3. The van der Waals surface area contributed by atoms with Crippen molar-refractivity contribution in [3.05, 3.63) is 0 Å². The predicted octanol–water partition coefficient (Wildman–Crippen LogP) is -0.0450. The van der Waals surface area contributed by atoms with Crippen molar-refractivity contribution in [2.45, 2.75) is 58.3 Å². The molecule has 0 aromatic rings. The van der Waals surface area contributed by atoms with Gasteiger partial charge in [0.15, 0.2) is 24.1 Å². The number of nitrogens with zero attached hydrogens (tertiary/aromatic N) is 1. The van der Waals surface area contributed by atoms with Crippen molar-refractivity contribution >= 4 is 23.8 Å². The number of hydrogen-bond donors (Lipinski definition) is 0. The number of carbonyl (C=O) groups is 3. The number of carbonyl (C=O) groups excluding carboxylic acids is 3. The molecule has 9 heteroatoms. The minimum Gasteiger partial charge on any atom is -0.463 e. The second kappa shape index (κ2) is 6.95. The summed E-state index contributed by atoms with van der Waals surface area (Å²) >= 11 is 0. The molecule has 0 aromatic heterocycles. The number of rotatable bonds is 4. The summed E-state index contributed by atoms with van der Waals surface area (Å²) in [5.74, 6) is -1.28. The van der Waals surface area contributed by atoms with Crippen LogP contribution < -0.4 is 0 Å². The SMILES string of the molecule is CC(=O)OC[C@@H]1O[C@@H]2OC(C)=N[C@@H]2[C@@H](OC(C)=O)[C@@H]1OC(C)=O. The molecule has 128 valence electrons. The molecule has 0 spiro atoms. The fourth-order valence-corrected chi connectivity index (χ4v) is 2.53. The van der Waals surface area contributed by atoms with Crippen molar-refractivity contribution in [1.29, 1.82) is 0 Å². The number of aliphatic imine (C=N–C) groups is 1. The monoisotopic (exact) mass is 329 g/mol. The van der Waals surface area contributed by atoms with Crippen LogP contribution in [-0.4, -0.2) is 61.1 Å². The lowest BCUT2D eigenvalue weighted by Gasteiger charge is -2.40. The summed E-state index contributed by atoms with van der Waals surface area (Å²) in [6.07, 6.45) is -3.50. The number of esters is 3. The molecule has 0 bridgehead atoms. The van der Waals surface area contributed by atoms with E-state index < -0.39 is 48.6 Å². The third-order valence-corrected chi connectivity index (χ3v) is 3.29. The normalized spacial score (nSPS) is 32.2. The maximum Gasteiger partial charge on any atom is 0.303 e. The molecule has 0 saturated carbocycles.